The molecule has 0 bridgehead atoms. The molecule has 0 spiro atoms. The van der Waals surface area contributed by atoms with Gasteiger partial charge in [0.1, 0.15) is 6.10 Å². The predicted octanol–water partition coefficient (Wildman–Crippen LogP) is 5.33. The number of ether oxygens (including phenoxy) is 2. The van der Waals surface area contributed by atoms with Gasteiger partial charge in [0.15, 0.2) is 11.5 Å². The Morgan fingerprint density at radius 3 is 2.08 bits per heavy atom. The number of hydrogen-bond donors (Lipinski definition) is 1. The minimum Gasteiger partial charge on any atom is -0.484 e. The Morgan fingerprint density at radius 2 is 1.56 bits per heavy atom. The first-order chi connectivity index (χ1) is 11.3. The summed E-state index contributed by atoms with van der Waals surface area (Å²) in [6, 6.07) is 9.10. The average Bonchev–Trinajstić information content (AvgIpc) is 2.41. The SMILES string of the molecule is Cl.FC(F)(F)Oc1cc(-c2cc(Cl)cc(Cl)c2)ccc1OC1CNC1. The topological polar surface area (TPSA) is 30.5 Å². The molecule has 1 N–H and O–H groups in total. The maximum atomic E-state index is 12.7. The van der Waals surface area contributed by atoms with Crippen molar-refractivity contribution in [2.75, 3.05) is 13.1 Å². The van der Waals surface area contributed by atoms with Crippen molar-refractivity contribution in [1.82, 2.24) is 5.32 Å². The van der Waals surface area contributed by atoms with Crippen LogP contribution in [0.1, 0.15) is 0 Å². The first-order valence-electron chi connectivity index (χ1n) is 7.04. The van der Waals surface area contributed by atoms with Crippen LogP contribution >= 0.6 is 35.6 Å². The van der Waals surface area contributed by atoms with Gasteiger partial charge in [-0.2, -0.15) is 0 Å². The standard InChI is InChI=1S/C16H12Cl2F3NO2.ClH/c17-11-3-10(4-12(18)6-11)9-1-2-14(23-13-7-22-8-13)15(5-9)24-16(19,20)21;/h1-6,13,22H,7-8H2;1H. The Bertz CT molecular complexity index is 732. The fourth-order valence-corrected chi connectivity index (χ4v) is 2.76. The third kappa shape index (κ3) is 5.31. The van der Waals surface area contributed by atoms with Crippen LogP contribution in [0.15, 0.2) is 36.4 Å². The van der Waals surface area contributed by atoms with Gasteiger partial charge in [0.05, 0.1) is 0 Å². The van der Waals surface area contributed by atoms with Crippen LogP contribution in [0.5, 0.6) is 11.5 Å². The molecule has 3 nitrogen and oxygen atoms in total. The summed E-state index contributed by atoms with van der Waals surface area (Å²) in [7, 11) is 0. The lowest BCUT2D eigenvalue weighted by Crippen LogP contribution is -2.50. The van der Waals surface area contributed by atoms with Crippen LogP contribution in [-0.4, -0.2) is 25.6 Å². The molecule has 0 saturated carbocycles. The molecule has 136 valence electrons. The normalized spacial score (nSPS) is 14.4. The third-order valence-corrected chi connectivity index (χ3v) is 3.84. The molecular weight excluding hydrogens is 402 g/mol. The molecule has 2 aromatic rings. The highest BCUT2D eigenvalue weighted by molar-refractivity contribution is 6.35. The van der Waals surface area contributed by atoms with E-state index >= 15 is 0 Å². The Labute approximate surface area is 158 Å². The largest absolute Gasteiger partial charge is 0.573 e. The zero-order chi connectivity index (χ0) is 17.3. The first kappa shape index (κ1) is 20.0. The van der Waals surface area contributed by atoms with Gasteiger partial charge >= 0.3 is 6.36 Å². The van der Waals surface area contributed by atoms with Crippen LogP contribution < -0.4 is 14.8 Å². The molecule has 0 unspecified atom stereocenters. The van der Waals surface area contributed by atoms with Crippen LogP contribution in [0.4, 0.5) is 13.2 Å². The molecule has 0 radical (unpaired) electrons. The molecule has 1 aliphatic rings. The van der Waals surface area contributed by atoms with Crippen LogP contribution in [-0.2, 0) is 0 Å². The maximum absolute atomic E-state index is 12.7. The van der Waals surface area contributed by atoms with E-state index in [0.29, 0.717) is 34.3 Å². The second-order valence-corrected chi connectivity index (χ2v) is 6.14. The number of alkyl halides is 3. The molecule has 1 aliphatic heterocycles. The number of halogens is 6. The van der Waals surface area contributed by atoms with Gasteiger partial charge in [-0.15, -0.1) is 25.6 Å². The van der Waals surface area contributed by atoms with E-state index < -0.39 is 12.1 Å². The van der Waals surface area contributed by atoms with Crippen molar-refractivity contribution in [3.63, 3.8) is 0 Å². The fraction of sp³-hybridized carbons (Fsp3) is 0.250. The Balaban J connectivity index is 0.00000225. The van der Waals surface area contributed by atoms with Crippen LogP contribution in [0, 0.1) is 0 Å². The van der Waals surface area contributed by atoms with E-state index in [4.69, 9.17) is 27.9 Å². The molecule has 25 heavy (non-hydrogen) atoms. The Kier molecular flexibility index (Phi) is 6.32. The highest BCUT2D eigenvalue weighted by atomic mass is 35.5. The minimum atomic E-state index is -4.82. The second kappa shape index (κ2) is 7.91. The smallest absolute Gasteiger partial charge is 0.484 e. The molecule has 1 heterocycles. The van der Waals surface area contributed by atoms with Crippen molar-refractivity contribution >= 4 is 35.6 Å². The Morgan fingerprint density at radius 1 is 0.920 bits per heavy atom. The zero-order valence-electron chi connectivity index (χ0n) is 12.6. The number of benzene rings is 2. The maximum Gasteiger partial charge on any atom is 0.573 e. The van der Waals surface area contributed by atoms with Crippen LogP contribution in [0.2, 0.25) is 10.0 Å². The molecule has 2 aromatic carbocycles. The molecule has 0 aliphatic carbocycles. The summed E-state index contributed by atoms with van der Waals surface area (Å²) in [5.41, 5.74) is 1.06. The van der Waals surface area contributed by atoms with Gasteiger partial charge in [-0.25, -0.2) is 0 Å². The number of rotatable bonds is 4. The van der Waals surface area contributed by atoms with Crippen molar-refractivity contribution in [2.45, 2.75) is 12.5 Å². The van der Waals surface area contributed by atoms with Crippen LogP contribution in [0.3, 0.4) is 0 Å². The van der Waals surface area contributed by atoms with Crippen LogP contribution in [0.25, 0.3) is 11.1 Å². The quantitative estimate of drug-likeness (QED) is 0.733. The van der Waals surface area contributed by atoms with E-state index in [1.54, 1.807) is 24.3 Å². The van der Waals surface area contributed by atoms with E-state index in [0.717, 1.165) is 0 Å². The van der Waals surface area contributed by atoms with Gasteiger partial charge in [0, 0.05) is 23.1 Å². The molecule has 3 rings (SSSR count). The molecule has 1 saturated heterocycles. The summed E-state index contributed by atoms with van der Waals surface area (Å²) in [6.07, 6.45) is -4.99. The lowest BCUT2D eigenvalue weighted by molar-refractivity contribution is -0.275. The second-order valence-electron chi connectivity index (χ2n) is 5.27. The van der Waals surface area contributed by atoms with Crippen molar-refractivity contribution in [3.05, 3.63) is 46.4 Å². The summed E-state index contributed by atoms with van der Waals surface area (Å²) in [4.78, 5) is 0. The van der Waals surface area contributed by atoms with Gasteiger partial charge in [0.2, 0.25) is 0 Å². The average molecular weight is 415 g/mol. The summed E-state index contributed by atoms with van der Waals surface area (Å²) in [5, 5.41) is 3.75. The highest BCUT2D eigenvalue weighted by Gasteiger charge is 2.33. The number of hydrogen-bond acceptors (Lipinski definition) is 3. The van der Waals surface area contributed by atoms with Gasteiger partial charge in [-0.3, -0.25) is 0 Å². The summed E-state index contributed by atoms with van der Waals surface area (Å²) >= 11 is 11.9. The summed E-state index contributed by atoms with van der Waals surface area (Å²) in [6.45, 7) is 1.16. The minimum absolute atomic E-state index is 0. The van der Waals surface area contributed by atoms with E-state index in [1.807, 2.05) is 0 Å². The third-order valence-electron chi connectivity index (χ3n) is 3.40. The number of nitrogens with one attached hydrogen (secondary N) is 1. The van der Waals surface area contributed by atoms with E-state index in [2.05, 4.69) is 10.1 Å². The van der Waals surface area contributed by atoms with E-state index in [9.17, 15) is 13.2 Å². The molecule has 1 fully saturated rings. The van der Waals surface area contributed by atoms with Gasteiger partial charge < -0.3 is 14.8 Å². The predicted molar refractivity (Wildman–Crippen MR) is 93.1 cm³/mol. The molecule has 9 heteroatoms. The van der Waals surface area contributed by atoms with Gasteiger partial charge in [0.25, 0.3) is 0 Å². The fourth-order valence-electron chi connectivity index (χ4n) is 2.24. The highest BCUT2D eigenvalue weighted by Crippen LogP contribution is 2.38. The van der Waals surface area contributed by atoms with Gasteiger partial charge in [-0.1, -0.05) is 29.3 Å². The summed E-state index contributed by atoms with van der Waals surface area (Å²) < 4.78 is 47.7. The van der Waals surface area contributed by atoms with Crippen molar-refractivity contribution in [2.24, 2.45) is 0 Å². The Hall–Kier alpha value is -1.34. The lowest BCUT2D eigenvalue weighted by Gasteiger charge is -2.28. The zero-order valence-corrected chi connectivity index (χ0v) is 14.9. The van der Waals surface area contributed by atoms with E-state index in [-0.39, 0.29) is 24.3 Å². The molecule has 0 aromatic heterocycles. The monoisotopic (exact) mass is 413 g/mol. The molecule has 0 atom stereocenters. The summed E-state index contributed by atoms with van der Waals surface area (Å²) in [5.74, 6) is -0.362. The van der Waals surface area contributed by atoms with Crippen molar-refractivity contribution < 1.29 is 22.6 Å². The van der Waals surface area contributed by atoms with Crippen molar-refractivity contribution in [3.8, 4) is 22.6 Å². The van der Waals surface area contributed by atoms with E-state index in [1.165, 1.54) is 12.1 Å². The van der Waals surface area contributed by atoms with Crippen molar-refractivity contribution in [1.29, 1.82) is 0 Å². The lowest BCUT2D eigenvalue weighted by atomic mass is 10.1. The molecular formula is C16H13Cl3F3NO2. The van der Waals surface area contributed by atoms with Gasteiger partial charge in [-0.05, 0) is 41.5 Å². The first-order valence-corrected chi connectivity index (χ1v) is 7.79. The molecule has 0 amide bonds.